The second-order valence-corrected chi connectivity index (χ2v) is 4.21. The summed E-state index contributed by atoms with van der Waals surface area (Å²) >= 11 is 2.47. The van der Waals surface area contributed by atoms with Gasteiger partial charge in [-0.2, -0.15) is 0 Å². The van der Waals surface area contributed by atoms with E-state index in [1.165, 1.54) is 0 Å². The third-order valence-corrected chi connectivity index (χ3v) is 3.27. The van der Waals surface area contributed by atoms with Gasteiger partial charge in [-0.15, -0.1) is 0 Å². The molecule has 1 aromatic rings. The number of anilines is 1. The summed E-state index contributed by atoms with van der Waals surface area (Å²) in [6.45, 7) is 1.95. The van der Waals surface area contributed by atoms with Crippen LogP contribution in [0.15, 0.2) is 18.2 Å². The van der Waals surface area contributed by atoms with Gasteiger partial charge in [0.2, 0.25) is 0 Å². The number of fused-ring (bicyclic) bond motifs is 1. The fraction of sp³-hybridized carbons (Fsp3) is 0.333. The van der Waals surface area contributed by atoms with Crippen molar-refractivity contribution in [1.82, 2.24) is 0 Å². The molecule has 0 aromatic heterocycles. The standard InChI is InChI=1S/C12H13NO2.Ru/c1-4-10-12(14)13(3)9-7-5-6-8(2)11(9)15-10;/h2,5-7,10H,4H2,1,3H3;/q;+1. The predicted molar refractivity (Wildman–Crippen MR) is 59.7 cm³/mol. The van der Waals surface area contributed by atoms with E-state index < -0.39 is 0 Å². The van der Waals surface area contributed by atoms with Gasteiger partial charge in [-0.1, -0.05) is 0 Å². The van der Waals surface area contributed by atoms with Crippen LogP contribution in [0.5, 0.6) is 5.75 Å². The van der Waals surface area contributed by atoms with E-state index in [1.54, 1.807) is 11.9 Å². The fourth-order valence-electron chi connectivity index (χ4n) is 1.80. The Morgan fingerprint density at radius 2 is 2.31 bits per heavy atom. The van der Waals surface area contributed by atoms with Crippen LogP contribution in [0.25, 0.3) is 0 Å². The number of para-hydroxylation sites is 1. The number of hydrogen-bond acceptors (Lipinski definition) is 2. The van der Waals surface area contributed by atoms with Gasteiger partial charge in [0.1, 0.15) is 0 Å². The summed E-state index contributed by atoms with van der Waals surface area (Å²) in [5.41, 5.74) is 1.85. The molecule has 1 aliphatic rings. The van der Waals surface area contributed by atoms with Gasteiger partial charge >= 0.3 is 104 Å². The number of benzene rings is 1. The molecule has 0 bridgehead atoms. The van der Waals surface area contributed by atoms with Gasteiger partial charge in [0.05, 0.1) is 0 Å². The van der Waals surface area contributed by atoms with Gasteiger partial charge in [0.25, 0.3) is 0 Å². The Balaban J connectivity index is 2.53. The van der Waals surface area contributed by atoms with E-state index in [0.29, 0.717) is 6.42 Å². The van der Waals surface area contributed by atoms with Crippen molar-refractivity contribution in [2.45, 2.75) is 19.4 Å². The first-order valence-corrected chi connectivity index (χ1v) is 6.18. The van der Waals surface area contributed by atoms with Crippen molar-refractivity contribution in [3.05, 3.63) is 23.8 Å². The molecule has 0 fully saturated rings. The zero-order valence-corrected chi connectivity index (χ0v) is 10.9. The van der Waals surface area contributed by atoms with Gasteiger partial charge in [-0.25, -0.2) is 0 Å². The summed E-state index contributed by atoms with van der Waals surface area (Å²) in [6, 6.07) is 5.81. The minimum absolute atomic E-state index is 0.0251. The molecule has 16 heavy (non-hydrogen) atoms. The molecular weight excluding hydrogens is 291 g/mol. The summed E-state index contributed by atoms with van der Waals surface area (Å²) < 4.78 is 7.68. The van der Waals surface area contributed by atoms with Crippen molar-refractivity contribution >= 4 is 16.2 Å². The van der Waals surface area contributed by atoms with E-state index in [0.717, 1.165) is 17.0 Å². The van der Waals surface area contributed by atoms with Gasteiger partial charge in [0.15, 0.2) is 0 Å². The topological polar surface area (TPSA) is 29.5 Å². The molecule has 0 aliphatic carbocycles. The molecule has 1 atom stereocenters. The first kappa shape index (κ1) is 11.5. The van der Waals surface area contributed by atoms with Crippen LogP contribution in [-0.4, -0.2) is 23.7 Å². The van der Waals surface area contributed by atoms with Gasteiger partial charge in [-0.3, -0.25) is 0 Å². The number of rotatable bonds is 2. The Morgan fingerprint density at radius 3 is 2.94 bits per heavy atom. The van der Waals surface area contributed by atoms with Crippen LogP contribution in [0.3, 0.4) is 0 Å². The number of carbonyl (C=O) groups excluding carboxylic acids is 1. The third-order valence-electron chi connectivity index (χ3n) is 2.73. The Bertz CT molecular complexity index is 445. The molecule has 1 amide bonds. The zero-order chi connectivity index (χ0) is 11.7. The van der Waals surface area contributed by atoms with E-state index in [9.17, 15) is 4.79 Å². The predicted octanol–water partition coefficient (Wildman–Crippen LogP) is 1.52. The van der Waals surface area contributed by atoms with Crippen LogP contribution in [0.2, 0.25) is 0 Å². The maximum absolute atomic E-state index is 11.9. The van der Waals surface area contributed by atoms with Crippen molar-refractivity contribution in [1.29, 1.82) is 0 Å². The van der Waals surface area contributed by atoms with E-state index in [4.69, 9.17) is 4.74 Å². The van der Waals surface area contributed by atoms with Crippen molar-refractivity contribution in [2.75, 3.05) is 11.9 Å². The molecule has 4 heteroatoms. The molecule has 1 aromatic carbocycles. The first-order chi connectivity index (χ1) is 7.69. The van der Waals surface area contributed by atoms with Crippen molar-refractivity contribution in [2.24, 2.45) is 0 Å². The van der Waals surface area contributed by atoms with Crippen LogP contribution in [0.1, 0.15) is 18.9 Å². The number of ether oxygens (including phenoxy) is 1. The van der Waals surface area contributed by atoms with Crippen molar-refractivity contribution in [3.8, 4) is 5.75 Å². The second kappa shape index (κ2) is 4.46. The van der Waals surface area contributed by atoms with Crippen LogP contribution in [0.4, 0.5) is 5.69 Å². The number of carbonyl (C=O) groups is 1. The molecule has 0 N–H and O–H groups in total. The summed E-state index contributed by atoms with van der Waals surface area (Å²) in [5.74, 6) is 0.826. The van der Waals surface area contributed by atoms with Crippen molar-refractivity contribution < 1.29 is 27.4 Å². The van der Waals surface area contributed by atoms with E-state index in [1.807, 2.05) is 29.7 Å². The number of likely N-dealkylation sites (N-methyl/N-ethyl adjacent to an activating group) is 1. The van der Waals surface area contributed by atoms with Crippen molar-refractivity contribution in [3.63, 3.8) is 0 Å². The second-order valence-electron chi connectivity index (χ2n) is 3.71. The Morgan fingerprint density at radius 1 is 1.56 bits per heavy atom. The quantitative estimate of drug-likeness (QED) is 0.775. The Labute approximate surface area is 105 Å². The van der Waals surface area contributed by atoms with Crippen LogP contribution < -0.4 is 9.64 Å². The first-order valence-electron chi connectivity index (χ1n) is 5.18. The fourth-order valence-corrected chi connectivity index (χ4v) is 2.20. The number of nitrogens with zero attached hydrogens (tertiary/aromatic N) is 1. The van der Waals surface area contributed by atoms with Crippen LogP contribution in [-0.2, 0) is 22.6 Å². The molecule has 0 spiro atoms. The molecule has 0 saturated carbocycles. The van der Waals surface area contributed by atoms with E-state index in [2.05, 4.69) is 17.9 Å². The van der Waals surface area contributed by atoms with E-state index >= 15 is 0 Å². The SMILES string of the molecule is CCC1Oc2c([CH]=[Ru+])cccc2N(C)C1=O. The van der Waals surface area contributed by atoms with Crippen LogP contribution >= 0.6 is 0 Å². The van der Waals surface area contributed by atoms with Crippen LogP contribution in [0, 0.1) is 0 Å². The average Bonchev–Trinajstić information content (AvgIpc) is 2.33. The molecular formula is C12H13NO2Ru+. The minimum atomic E-state index is -0.356. The molecule has 2 rings (SSSR count). The third kappa shape index (κ3) is 1.71. The monoisotopic (exact) mass is 305 g/mol. The average molecular weight is 304 g/mol. The van der Waals surface area contributed by atoms with Gasteiger partial charge < -0.3 is 0 Å². The summed E-state index contributed by atoms with van der Waals surface area (Å²) in [5, 5.41) is 0. The summed E-state index contributed by atoms with van der Waals surface area (Å²) in [6.07, 6.45) is 0.333. The molecule has 0 radical (unpaired) electrons. The normalized spacial score (nSPS) is 19.0. The Kier molecular flexibility index (Phi) is 3.20. The summed E-state index contributed by atoms with van der Waals surface area (Å²) in [7, 11) is 1.79. The van der Waals surface area contributed by atoms with Gasteiger partial charge in [0, 0.05) is 0 Å². The molecule has 1 heterocycles. The molecule has 85 valence electrons. The molecule has 1 unspecified atom stereocenters. The number of amides is 1. The summed E-state index contributed by atoms with van der Waals surface area (Å²) in [4.78, 5) is 13.6. The van der Waals surface area contributed by atoms with E-state index in [-0.39, 0.29) is 12.0 Å². The number of hydrogen-bond donors (Lipinski definition) is 0. The Hall–Kier alpha value is -1.02. The molecule has 3 nitrogen and oxygen atoms in total. The molecule has 1 aliphatic heterocycles. The van der Waals surface area contributed by atoms with Gasteiger partial charge in [-0.05, 0) is 0 Å². The zero-order valence-electron chi connectivity index (χ0n) is 9.21. The maximum atomic E-state index is 11.9. The molecule has 0 saturated heterocycles.